The Morgan fingerprint density at radius 2 is 1.12 bits per heavy atom. The van der Waals surface area contributed by atoms with E-state index in [0.29, 0.717) is 5.89 Å². The highest BCUT2D eigenvalue weighted by molar-refractivity contribution is 6.10. The van der Waals surface area contributed by atoms with E-state index in [1.165, 1.54) is 44.2 Å². The molecule has 2 aromatic heterocycles. The van der Waals surface area contributed by atoms with Gasteiger partial charge in [0, 0.05) is 49.9 Å². The Hall–Kier alpha value is -7.43. The molecule has 0 saturated heterocycles. The number of para-hydroxylation sites is 3. The number of allylic oxidation sites excluding steroid dienone is 4. The first-order chi connectivity index (χ1) is 28.3. The number of fused-ring (bicyclic) bond motifs is 6. The molecule has 0 amide bonds. The van der Waals surface area contributed by atoms with E-state index in [2.05, 4.69) is 191 Å². The van der Waals surface area contributed by atoms with Gasteiger partial charge in [-0.3, -0.25) is 0 Å². The van der Waals surface area contributed by atoms with Crippen LogP contribution in [0.2, 0.25) is 0 Å². The van der Waals surface area contributed by atoms with Crippen molar-refractivity contribution >= 4 is 60.6 Å². The molecule has 0 saturated carbocycles. The largest absolute Gasteiger partial charge is 0.435 e. The van der Waals surface area contributed by atoms with E-state index in [0.717, 1.165) is 62.9 Å². The second kappa shape index (κ2) is 13.7. The summed E-state index contributed by atoms with van der Waals surface area (Å²) in [7, 11) is 0. The molecular weight excluding hydrogens is 695 g/mol. The van der Waals surface area contributed by atoms with E-state index in [4.69, 9.17) is 9.40 Å². The second-order valence-electron chi connectivity index (χ2n) is 14.7. The molecule has 57 heavy (non-hydrogen) atoms. The van der Waals surface area contributed by atoms with Gasteiger partial charge in [-0.25, -0.2) is 4.98 Å². The molecule has 8 aromatic carbocycles. The predicted molar refractivity (Wildman–Crippen MR) is 237 cm³/mol. The van der Waals surface area contributed by atoms with Crippen LogP contribution in [-0.2, 0) is 0 Å². The van der Waals surface area contributed by atoms with Crippen LogP contribution in [0.4, 0.5) is 11.4 Å². The maximum absolute atomic E-state index is 6.55. The number of rotatable bonds is 7. The van der Waals surface area contributed by atoms with E-state index in [1.54, 1.807) is 0 Å². The molecule has 0 N–H and O–H groups in total. The molecule has 4 heteroatoms. The molecular formula is C53H37N3O. The van der Waals surface area contributed by atoms with Gasteiger partial charge in [-0.05, 0) is 96.1 Å². The lowest BCUT2D eigenvalue weighted by molar-refractivity contribution is 0.623. The first-order valence-electron chi connectivity index (χ1n) is 19.6. The SMILES string of the molecule is C1=C(c2cc3ccccc3c3oc(-c4ccccc4)nc23)CCC(N(c2ccc(-n3c4ccccc4c4ccccc43)cc2)c2ccccc2-c2ccccc2)=C1. The van der Waals surface area contributed by atoms with E-state index in [-0.39, 0.29) is 0 Å². The third-order valence-electron chi connectivity index (χ3n) is 11.3. The summed E-state index contributed by atoms with van der Waals surface area (Å²) in [5.41, 5.74) is 14.5. The lowest BCUT2D eigenvalue weighted by Gasteiger charge is -2.32. The van der Waals surface area contributed by atoms with Gasteiger partial charge in [0.1, 0.15) is 5.52 Å². The van der Waals surface area contributed by atoms with Crippen molar-refractivity contribution < 1.29 is 4.42 Å². The number of anilines is 2. The lowest BCUT2D eigenvalue weighted by Crippen LogP contribution is -2.18. The number of benzene rings is 8. The fraction of sp³-hybridized carbons (Fsp3) is 0.0377. The minimum Gasteiger partial charge on any atom is -0.435 e. The van der Waals surface area contributed by atoms with Crippen molar-refractivity contribution in [3.05, 3.63) is 211 Å². The van der Waals surface area contributed by atoms with Gasteiger partial charge in [-0.15, -0.1) is 0 Å². The minimum absolute atomic E-state index is 0.642. The molecule has 1 aliphatic carbocycles. The number of nitrogens with zero attached hydrogens (tertiary/aromatic N) is 3. The zero-order valence-corrected chi connectivity index (χ0v) is 31.2. The van der Waals surface area contributed by atoms with Crippen molar-refractivity contribution in [2.75, 3.05) is 4.90 Å². The van der Waals surface area contributed by atoms with Crippen molar-refractivity contribution in [3.63, 3.8) is 0 Å². The smallest absolute Gasteiger partial charge is 0.227 e. The maximum Gasteiger partial charge on any atom is 0.227 e. The van der Waals surface area contributed by atoms with E-state index in [9.17, 15) is 0 Å². The Bertz CT molecular complexity index is 3120. The fourth-order valence-electron chi connectivity index (χ4n) is 8.67. The van der Waals surface area contributed by atoms with Gasteiger partial charge >= 0.3 is 0 Å². The second-order valence-corrected chi connectivity index (χ2v) is 14.7. The van der Waals surface area contributed by atoms with Gasteiger partial charge in [0.25, 0.3) is 0 Å². The Balaban J connectivity index is 1.05. The quantitative estimate of drug-likeness (QED) is 0.164. The van der Waals surface area contributed by atoms with Crippen molar-refractivity contribution in [2.45, 2.75) is 12.8 Å². The molecule has 0 spiro atoms. The van der Waals surface area contributed by atoms with E-state index in [1.807, 2.05) is 18.2 Å². The van der Waals surface area contributed by atoms with Gasteiger partial charge in [0.2, 0.25) is 5.89 Å². The van der Waals surface area contributed by atoms with Gasteiger partial charge in [0.15, 0.2) is 5.58 Å². The monoisotopic (exact) mass is 731 g/mol. The van der Waals surface area contributed by atoms with Crippen LogP contribution in [0.5, 0.6) is 0 Å². The van der Waals surface area contributed by atoms with E-state index >= 15 is 0 Å². The number of oxazole rings is 1. The van der Waals surface area contributed by atoms with Gasteiger partial charge in [-0.2, -0.15) is 0 Å². The molecule has 2 heterocycles. The van der Waals surface area contributed by atoms with Crippen LogP contribution >= 0.6 is 0 Å². The highest BCUT2D eigenvalue weighted by atomic mass is 16.3. The minimum atomic E-state index is 0.642. The summed E-state index contributed by atoms with van der Waals surface area (Å²) < 4.78 is 8.93. The van der Waals surface area contributed by atoms with Crippen LogP contribution in [0.3, 0.4) is 0 Å². The third kappa shape index (κ3) is 5.65. The number of hydrogen-bond donors (Lipinski definition) is 0. The van der Waals surface area contributed by atoms with Crippen LogP contribution in [0.15, 0.2) is 210 Å². The molecule has 0 aliphatic heterocycles. The van der Waals surface area contributed by atoms with Crippen molar-refractivity contribution in [1.82, 2.24) is 9.55 Å². The summed E-state index contributed by atoms with van der Waals surface area (Å²) in [6.07, 6.45) is 6.31. The third-order valence-corrected chi connectivity index (χ3v) is 11.3. The molecule has 0 bridgehead atoms. The van der Waals surface area contributed by atoms with E-state index < -0.39 is 0 Å². The van der Waals surface area contributed by atoms with Crippen molar-refractivity contribution in [2.24, 2.45) is 0 Å². The van der Waals surface area contributed by atoms with Gasteiger partial charge < -0.3 is 13.9 Å². The summed E-state index contributed by atoms with van der Waals surface area (Å²) in [6, 6.07) is 66.8. The first-order valence-corrected chi connectivity index (χ1v) is 19.6. The normalized spacial score (nSPS) is 13.0. The molecule has 11 rings (SSSR count). The molecule has 0 radical (unpaired) electrons. The molecule has 4 nitrogen and oxygen atoms in total. The topological polar surface area (TPSA) is 34.2 Å². The summed E-state index contributed by atoms with van der Waals surface area (Å²) in [5.74, 6) is 0.642. The Morgan fingerprint density at radius 3 is 1.82 bits per heavy atom. The average molecular weight is 732 g/mol. The average Bonchev–Trinajstić information content (AvgIpc) is 3.89. The molecule has 0 fully saturated rings. The molecule has 10 aromatic rings. The Morgan fingerprint density at radius 1 is 0.509 bits per heavy atom. The summed E-state index contributed by atoms with van der Waals surface area (Å²) in [6.45, 7) is 0. The first kappa shape index (κ1) is 33.0. The zero-order valence-electron chi connectivity index (χ0n) is 31.2. The predicted octanol–water partition coefficient (Wildman–Crippen LogP) is 14.3. The molecule has 270 valence electrons. The molecule has 0 unspecified atom stereocenters. The van der Waals surface area contributed by atoms with Crippen LogP contribution < -0.4 is 4.90 Å². The van der Waals surface area contributed by atoms with Crippen LogP contribution in [0, 0.1) is 0 Å². The molecule has 0 atom stereocenters. The summed E-state index contributed by atoms with van der Waals surface area (Å²) in [4.78, 5) is 7.58. The fourth-order valence-corrected chi connectivity index (χ4v) is 8.67. The van der Waals surface area contributed by atoms with Gasteiger partial charge in [-0.1, -0.05) is 133 Å². The highest BCUT2D eigenvalue weighted by Crippen LogP contribution is 2.43. The zero-order chi connectivity index (χ0) is 37.7. The van der Waals surface area contributed by atoms with Crippen LogP contribution in [0.25, 0.3) is 77.5 Å². The number of aromatic nitrogens is 2. The van der Waals surface area contributed by atoms with Crippen molar-refractivity contribution in [3.8, 4) is 28.3 Å². The summed E-state index contributed by atoms with van der Waals surface area (Å²) in [5, 5.41) is 4.74. The maximum atomic E-state index is 6.55. The van der Waals surface area contributed by atoms with Crippen molar-refractivity contribution in [1.29, 1.82) is 0 Å². The standard InChI is InChI=1S/C53H37N3O/c1-3-15-36(16-4-1)43-20-9-12-24-48(43)55(41-31-33-42(34-32-41)56-49-25-13-10-22-45(49)46-23-11-14-26-50(46)56)40-29-27-37(28-30-40)47-35-39-19-7-8-21-44(39)52-51(47)54-53(57-52)38-17-5-2-6-18-38/h1-27,29,31-35H,28,30H2. The Kier molecular flexibility index (Phi) is 7.92. The number of hydrogen-bond acceptors (Lipinski definition) is 3. The summed E-state index contributed by atoms with van der Waals surface area (Å²) >= 11 is 0. The Labute approximate surface area is 330 Å². The van der Waals surface area contributed by atoms with Crippen LogP contribution in [0.1, 0.15) is 18.4 Å². The van der Waals surface area contributed by atoms with Gasteiger partial charge in [0.05, 0.1) is 16.7 Å². The van der Waals surface area contributed by atoms with Crippen LogP contribution in [-0.4, -0.2) is 9.55 Å². The lowest BCUT2D eigenvalue weighted by atomic mass is 9.92. The highest BCUT2D eigenvalue weighted by Gasteiger charge is 2.24. The molecule has 1 aliphatic rings.